The van der Waals surface area contributed by atoms with Gasteiger partial charge in [-0.25, -0.2) is 0 Å². The fourth-order valence-corrected chi connectivity index (χ4v) is 1.98. The first-order valence-electron chi connectivity index (χ1n) is 5.89. The Morgan fingerprint density at radius 1 is 1.18 bits per heavy atom. The molecule has 0 aliphatic heterocycles. The van der Waals surface area contributed by atoms with Gasteiger partial charge in [0.05, 0.1) is 0 Å². The number of hydrogen-bond donors (Lipinski definition) is 1. The zero-order valence-corrected chi connectivity index (χ0v) is 9.89. The molecule has 2 rings (SSSR count). The molecule has 2 heteroatoms. The molecule has 0 amide bonds. The van der Waals surface area contributed by atoms with Crippen LogP contribution in [-0.2, 0) is 11.2 Å². The average Bonchev–Trinajstić information content (AvgIpc) is 2.38. The lowest BCUT2D eigenvalue weighted by Crippen LogP contribution is -2.21. The third-order valence-electron chi connectivity index (χ3n) is 3.00. The Bertz CT molecular complexity index is 526. The molecule has 1 N–H and O–H groups in total. The zero-order valence-electron chi connectivity index (χ0n) is 9.89. The number of carbonyl (C=O) groups is 1. The smallest absolute Gasteiger partial charge is 0.165 e. The predicted molar refractivity (Wildman–Crippen MR) is 69.0 cm³/mol. The molecule has 0 heterocycles. The molecule has 0 fully saturated rings. The van der Waals surface area contributed by atoms with Crippen molar-refractivity contribution in [3.05, 3.63) is 48.0 Å². The molecular formula is C15H16O2. The van der Waals surface area contributed by atoms with Gasteiger partial charge >= 0.3 is 0 Å². The van der Waals surface area contributed by atoms with Crippen molar-refractivity contribution < 1.29 is 9.90 Å². The van der Waals surface area contributed by atoms with Crippen molar-refractivity contribution in [2.45, 2.75) is 25.9 Å². The van der Waals surface area contributed by atoms with Crippen molar-refractivity contribution in [2.75, 3.05) is 0 Å². The number of aliphatic hydroxyl groups excluding tert-OH is 1. The first-order valence-corrected chi connectivity index (χ1v) is 5.89. The molecule has 17 heavy (non-hydrogen) atoms. The highest BCUT2D eigenvalue weighted by atomic mass is 16.3. The standard InChI is InChI=1S/C15H16O2/c1-2-14(16)15(17)10-12-8-5-7-11-6-3-4-9-13(11)12/h3-9,14,16H,2,10H2,1H3. The summed E-state index contributed by atoms with van der Waals surface area (Å²) in [6, 6.07) is 13.9. The summed E-state index contributed by atoms with van der Waals surface area (Å²) in [6.07, 6.45) is -0.0612. The van der Waals surface area contributed by atoms with E-state index in [0.717, 1.165) is 16.3 Å². The van der Waals surface area contributed by atoms with E-state index in [1.165, 1.54) is 0 Å². The van der Waals surface area contributed by atoms with E-state index in [0.29, 0.717) is 12.8 Å². The molecule has 0 spiro atoms. The largest absolute Gasteiger partial charge is 0.385 e. The van der Waals surface area contributed by atoms with E-state index in [4.69, 9.17) is 0 Å². The van der Waals surface area contributed by atoms with Crippen LogP contribution in [0.4, 0.5) is 0 Å². The second-order valence-corrected chi connectivity index (χ2v) is 4.21. The Balaban J connectivity index is 2.33. The van der Waals surface area contributed by atoms with Crippen molar-refractivity contribution in [2.24, 2.45) is 0 Å². The van der Waals surface area contributed by atoms with Crippen molar-refractivity contribution in [3.8, 4) is 0 Å². The second-order valence-electron chi connectivity index (χ2n) is 4.21. The van der Waals surface area contributed by atoms with Gasteiger partial charge in [0.25, 0.3) is 0 Å². The maximum absolute atomic E-state index is 11.7. The first-order chi connectivity index (χ1) is 8.22. The lowest BCUT2D eigenvalue weighted by molar-refractivity contribution is -0.126. The molecular weight excluding hydrogens is 212 g/mol. The van der Waals surface area contributed by atoms with Crippen LogP contribution in [0.25, 0.3) is 10.8 Å². The summed E-state index contributed by atoms with van der Waals surface area (Å²) >= 11 is 0. The number of aliphatic hydroxyl groups is 1. The molecule has 2 nitrogen and oxygen atoms in total. The van der Waals surface area contributed by atoms with Gasteiger partial charge in [-0.3, -0.25) is 4.79 Å². The van der Waals surface area contributed by atoms with Crippen molar-refractivity contribution in [1.29, 1.82) is 0 Å². The molecule has 0 aromatic heterocycles. The van der Waals surface area contributed by atoms with Gasteiger partial charge in [0.1, 0.15) is 6.10 Å². The van der Waals surface area contributed by atoms with Crippen molar-refractivity contribution >= 4 is 16.6 Å². The number of fused-ring (bicyclic) bond motifs is 1. The highest BCUT2D eigenvalue weighted by Crippen LogP contribution is 2.19. The van der Waals surface area contributed by atoms with Crippen molar-refractivity contribution in [1.82, 2.24) is 0 Å². The SMILES string of the molecule is CCC(O)C(=O)Cc1cccc2ccccc12. The van der Waals surface area contributed by atoms with E-state index in [9.17, 15) is 9.90 Å². The van der Waals surface area contributed by atoms with Gasteiger partial charge in [-0.15, -0.1) is 0 Å². The Hall–Kier alpha value is -1.67. The van der Waals surface area contributed by atoms with Gasteiger partial charge in [-0.05, 0) is 22.8 Å². The number of benzene rings is 2. The number of ketones is 1. The Morgan fingerprint density at radius 2 is 1.88 bits per heavy atom. The van der Waals surface area contributed by atoms with Crippen LogP contribution >= 0.6 is 0 Å². The third-order valence-corrected chi connectivity index (χ3v) is 3.00. The average molecular weight is 228 g/mol. The number of carbonyl (C=O) groups excluding carboxylic acids is 1. The summed E-state index contributed by atoms with van der Waals surface area (Å²) in [5.41, 5.74) is 0.987. The van der Waals surface area contributed by atoms with Crippen LogP contribution < -0.4 is 0 Å². The lowest BCUT2D eigenvalue weighted by Gasteiger charge is -2.09. The minimum Gasteiger partial charge on any atom is -0.385 e. The summed E-state index contributed by atoms with van der Waals surface area (Å²) < 4.78 is 0. The number of Topliss-reactive ketones (excluding diaryl/α,β-unsaturated/α-hetero) is 1. The Labute approximate surface area is 101 Å². The van der Waals surface area contributed by atoms with Crippen LogP contribution in [0.2, 0.25) is 0 Å². The van der Waals surface area contributed by atoms with E-state index in [2.05, 4.69) is 0 Å². The molecule has 2 aromatic carbocycles. The molecule has 1 unspecified atom stereocenters. The zero-order chi connectivity index (χ0) is 12.3. The highest BCUT2D eigenvalue weighted by molar-refractivity contribution is 5.92. The molecule has 1 atom stereocenters. The van der Waals surface area contributed by atoms with Crippen LogP contribution in [0.1, 0.15) is 18.9 Å². The quantitative estimate of drug-likeness (QED) is 0.873. The maximum Gasteiger partial charge on any atom is 0.165 e. The molecule has 0 radical (unpaired) electrons. The Morgan fingerprint density at radius 3 is 2.65 bits per heavy atom. The fraction of sp³-hybridized carbons (Fsp3) is 0.267. The summed E-state index contributed by atoms with van der Waals surface area (Å²) in [5, 5.41) is 11.7. The van der Waals surface area contributed by atoms with Crippen LogP contribution in [0, 0.1) is 0 Å². The van der Waals surface area contributed by atoms with Crippen LogP contribution in [0.5, 0.6) is 0 Å². The van der Waals surface area contributed by atoms with E-state index < -0.39 is 6.10 Å². The predicted octanol–water partition coefficient (Wildman–Crippen LogP) is 2.72. The van der Waals surface area contributed by atoms with E-state index in [1.807, 2.05) is 49.4 Å². The first kappa shape index (κ1) is 11.8. The highest BCUT2D eigenvalue weighted by Gasteiger charge is 2.14. The molecule has 88 valence electrons. The monoisotopic (exact) mass is 228 g/mol. The van der Waals surface area contributed by atoms with Crippen LogP contribution in [0.3, 0.4) is 0 Å². The summed E-state index contributed by atoms with van der Waals surface area (Å²) in [7, 11) is 0. The molecule has 0 aliphatic rings. The van der Waals surface area contributed by atoms with Gasteiger partial charge in [0.2, 0.25) is 0 Å². The van der Waals surface area contributed by atoms with Gasteiger partial charge in [0, 0.05) is 6.42 Å². The van der Waals surface area contributed by atoms with E-state index in [1.54, 1.807) is 0 Å². The summed E-state index contributed by atoms with van der Waals surface area (Å²) in [5.74, 6) is -0.108. The Kier molecular flexibility index (Phi) is 3.55. The van der Waals surface area contributed by atoms with Gasteiger partial charge < -0.3 is 5.11 Å². The van der Waals surface area contributed by atoms with Crippen LogP contribution in [-0.4, -0.2) is 17.0 Å². The van der Waals surface area contributed by atoms with Crippen molar-refractivity contribution in [3.63, 3.8) is 0 Å². The molecule has 2 aromatic rings. The third kappa shape index (κ3) is 2.53. The molecule has 0 saturated heterocycles. The van der Waals surface area contributed by atoms with E-state index >= 15 is 0 Å². The summed E-state index contributed by atoms with van der Waals surface area (Å²) in [4.78, 5) is 11.7. The lowest BCUT2D eigenvalue weighted by atomic mass is 9.98. The summed E-state index contributed by atoms with van der Waals surface area (Å²) in [6.45, 7) is 1.81. The minimum atomic E-state index is -0.839. The maximum atomic E-state index is 11.7. The van der Waals surface area contributed by atoms with Gasteiger partial charge in [-0.1, -0.05) is 49.4 Å². The molecule has 0 aliphatic carbocycles. The molecule has 0 saturated carbocycles. The van der Waals surface area contributed by atoms with Gasteiger partial charge in [-0.2, -0.15) is 0 Å². The minimum absolute atomic E-state index is 0.108. The number of hydrogen-bond acceptors (Lipinski definition) is 2. The number of rotatable bonds is 4. The molecule has 0 bridgehead atoms. The van der Waals surface area contributed by atoms with Gasteiger partial charge in [0.15, 0.2) is 5.78 Å². The topological polar surface area (TPSA) is 37.3 Å². The normalized spacial score (nSPS) is 12.6. The fourth-order valence-electron chi connectivity index (χ4n) is 1.98. The van der Waals surface area contributed by atoms with Crippen LogP contribution in [0.15, 0.2) is 42.5 Å². The van der Waals surface area contributed by atoms with E-state index in [-0.39, 0.29) is 5.78 Å². The second kappa shape index (κ2) is 5.11.